The third-order valence-corrected chi connectivity index (χ3v) is 6.78. The lowest BCUT2D eigenvalue weighted by molar-refractivity contribution is -0.870. The van der Waals surface area contributed by atoms with E-state index >= 15 is 0 Å². The van der Waals surface area contributed by atoms with Crippen molar-refractivity contribution in [2.75, 3.05) is 46.8 Å². The van der Waals surface area contributed by atoms with Crippen LogP contribution in [0.2, 0.25) is 0 Å². The average Bonchev–Trinajstić information content (AvgIpc) is 2.68. The average molecular weight is 425 g/mol. The summed E-state index contributed by atoms with van der Waals surface area (Å²) in [5.74, 6) is 0.783. The third-order valence-electron chi connectivity index (χ3n) is 5.47. The summed E-state index contributed by atoms with van der Waals surface area (Å²) in [5.41, 5.74) is 1.47. The van der Waals surface area contributed by atoms with E-state index in [0.717, 1.165) is 42.6 Å². The van der Waals surface area contributed by atoms with Crippen LogP contribution in [0.3, 0.4) is 0 Å². The summed E-state index contributed by atoms with van der Waals surface area (Å²) in [4.78, 5) is 10.2. The van der Waals surface area contributed by atoms with Gasteiger partial charge in [0.1, 0.15) is 0 Å². The van der Waals surface area contributed by atoms with Gasteiger partial charge in [0, 0.05) is 6.42 Å². The van der Waals surface area contributed by atoms with Crippen LogP contribution in [0.1, 0.15) is 70.3 Å². The lowest BCUT2D eigenvalue weighted by Crippen LogP contribution is -2.35. The van der Waals surface area contributed by atoms with Gasteiger partial charge in [-0.3, -0.25) is 0 Å². The maximum absolute atomic E-state index is 10.2. The largest absolute Gasteiger partial charge is 0.374 e. The molecule has 2 unspecified atom stereocenters. The minimum absolute atomic E-state index is 0.553. The van der Waals surface area contributed by atoms with Gasteiger partial charge in [0.25, 0.3) is 0 Å². The smallest absolute Gasteiger partial charge is 0.0904 e. The van der Waals surface area contributed by atoms with Crippen LogP contribution in [0.15, 0.2) is 30.3 Å². The number of quaternary nitrogens is 1. The molecule has 0 saturated carbocycles. The normalized spacial score (nSPS) is 14.1. The molecule has 0 fully saturated rings. The van der Waals surface area contributed by atoms with E-state index in [0.29, 0.717) is 6.35 Å². The minimum Gasteiger partial charge on any atom is -0.374 e. The summed E-state index contributed by atoms with van der Waals surface area (Å²) in [6, 6.07) is 10.9. The predicted molar refractivity (Wildman–Crippen MR) is 129 cm³/mol. The number of ether oxygens (including phenoxy) is 1. The fourth-order valence-electron chi connectivity index (χ4n) is 3.76. The van der Waals surface area contributed by atoms with Gasteiger partial charge in [0.2, 0.25) is 0 Å². The SMILES string of the molecule is CCCCCCC(CCCCP(O)COCCC[N+](C)(C)C)Cc1ccccc1. The molecule has 0 saturated heterocycles. The Morgan fingerprint density at radius 2 is 1.62 bits per heavy atom. The summed E-state index contributed by atoms with van der Waals surface area (Å²) in [6.07, 6.45) is 14.1. The monoisotopic (exact) mass is 424 g/mol. The molecule has 0 spiro atoms. The molecule has 1 aromatic carbocycles. The number of benzene rings is 1. The number of hydrogen-bond acceptors (Lipinski definition) is 2. The van der Waals surface area contributed by atoms with E-state index in [1.54, 1.807) is 0 Å². The van der Waals surface area contributed by atoms with Gasteiger partial charge >= 0.3 is 0 Å². The van der Waals surface area contributed by atoms with Crippen LogP contribution in [-0.2, 0) is 11.2 Å². The third kappa shape index (κ3) is 16.0. The molecule has 1 N–H and O–H groups in total. The second kappa shape index (κ2) is 16.3. The van der Waals surface area contributed by atoms with E-state index in [2.05, 4.69) is 58.4 Å². The van der Waals surface area contributed by atoms with E-state index in [1.165, 1.54) is 56.9 Å². The standard InChI is InChI=1S/C25H47NO2P/c1-5-6-7-9-15-25(22-24-16-10-8-11-17-24)18-12-13-21-29(27)23-28-20-14-19-26(2,3)4/h8,10-11,16-17,25,27H,5-7,9,12-15,18-23H2,1-4H3/q+1. The number of nitrogens with zero attached hydrogens (tertiary/aromatic N) is 1. The van der Waals surface area contributed by atoms with Crippen molar-refractivity contribution in [2.45, 2.75) is 71.1 Å². The number of hydrogen-bond donors (Lipinski definition) is 1. The van der Waals surface area contributed by atoms with Gasteiger partial charge in [-0.05, 0) is 30.5 Å². The van der Waals surface area contributed by atoms with Crippen LogP contribution in [0, 0.1) is 5.92 Å². The van der Waals surface area contributed by atoms with E-state index in [1.807, 2.05) is 0 Å². The molecule has 0 radical (unpaired) electrons. The molecule has 0 heterocycles. The molecule has 3 nitrogen and oxygen atoms in total. The Bertz CT molecular complexity index is 489. The zero-order valence-corrected chi connectivity index (χ0v) is 20.5. The number of unbranched alkanes of at least 4 members (excludes halogenated alkanes) is 4. The summed E-state index contributed by atoms with van der Waals surface area (Å²) in [6.45, 7) is 4.17. The summed E-state index contributed by atoms with van der Waals surface area (Å²) < 4.78 is 6.66. The van der Waals surface area contributed by atoms with Crippen LogP contribution in [0.4, 0.5) is 0 Å². The molecule has 0 amide bonds. The fraction of sp³-hybridized carbons (Fsp3) is 0.760. The van der Waals surface area contributed by atoms with Gasteiger partial charge < -0.3 is 14.1 Å². The molecule has 0 aliphatic heterocycles. The molecule has 2 atom stereocenters. The second-order valence-electron chi connectivity index (χ2n) is 9.54. The summed E-state index contributed by atoms with van der Waals surface area (Å²) >= 11 is 0. The van der Waals surface area contributed by atoms with Crippen molar-refractivity contribution in [1.29, 1.82) is 0 Å². The van der Waals surface area contributed by atoms with Crippen LogP contribution in [-0.4, -0.2) is 56.2 Å². The Hall–Kier alpha value is -0.470. The first-order valence-corrected chi connectivity index (χ1v) is 13.4. The maximum Gasteiger partial charge on any atom is 0.0904 e. The first-order chi connectivity index (χ1) is 13.9. The Morgan fingerprint density at radius 3 is 2.28 bits per heavy atom. The molecule has 168 valence electrons. The Balaban J connectivity index is 2.19. The van der Waals surface area contributed by atoms with Crippen molar-refractivity contribution in [2.24, 2.45) is 5.92 Å². The summed E-state index contributed by atoms with van der Waals surface area (Å²) in [5, 5.41) is 0. The Labute approximate surface area is 182 Å². The highest BCUT2D eigenvalue weighted by molar-refractivity contribution is 7.51. The van der Waals surface area contributed by atoms with Gasteiger partial charge in [-0.15, -0.1) is 0 Å². The van der Waals surface area contributed by atoms with Gasteiger partial charge in [-0.25, -0.2) is 0 Å². The van der Waals surface area contributed by atoms with Crippen LogP contribution in [0.25, 0.3) is 0 Å². The van der Waals surface area contributed by atoms with Crippen LogP contribution in [0.5, 0.6) is 0 Å². The molecular weight excluding hydrogens is 377 g/mol. The van der Waals surface area contributed by atoms with Gasteiger partial charge in [0.05, 0.1) is 48.8 Å². The number of rotatable bonds is 18. The molecule has 1 aromatic rings. The second-order valence-corrected chi connectivity index (χ2v) is 11.3. The lowest BCUT2D eigenvalue weighted by atomic mass is 9.89. The molecule has 0 aliphatic rings. The predicted octanol–water partition coefficient (Wildman–Crippen LogP) is 6.45. The molecule has 4 heteroatoms. The van der Waals surface area contributed by atoms with Crippen molar-refractivity contribution >= 4 is 8.15 Å². The van der Waals surface area contributed by atoms with E-state index in [4.69, 9.17) is 4.74 Å². The van der Waals surface area contributed by atoms with Gasteiger partial charge in [-0.2, -0.15) is 0 Å². The highest BCUT2D eigenvalue weighted by atomic mass is 31.1. The van der Waals surface area contributed by atoms with Crippen LogP contribution >= 0.6 is 8.15 Å². The van der Waals surface area contributed by atoms with E-state index in [9.17, 15) is 4.89 Å². The zero-order valence-electron chi connectivity index (χ0n) is 19.6. The van der Waals surface area contributed by atoms with Crippen LogP contribution < -0.4 is 0 Å². The molecular formula is C25H47NO2P+. The first kappa shape index (κ1) is 26.6. The first-order valence-electron chi connectivity index (χ1n) is 11.8. The molecule has 0 aliphatic carbocycles. The summed E-state index contributed by atoms with van der Waals surface area (Å²) in [7, 11) is 5.66. The topological polar surface area (TPSA) is 29.5 Å². The minimum atomic E-state index is -0.947. The van der Waals surface area contributed by atoms with Crippen molar-refractivity contribution in [3.63, 3.8) is 0 Å². The van der Waals surface area contributed by atoms with Gasteiger partial charge in [-0.1, -0.05) is 82.2 Å². The Kier molecular flexibility index (Phi) is 14.9. The zero-order chi connectivity index (χ0) is 21.4. The fourth-order valence-corrected chi connectivity index (χ4v) is 4.82. The highest BCUT2D eigenvalue weighted by Gasteiger charge is 2.11. The molecule has 0 aromatic heterocycles. The molecule has 1 rings (SSSR count). The van der Waals surface area contributed by atoms with E-state index < -0.39 is 8.15 Å². The lowest BCUT2D eigenvalue weighted by Gasteiger charge is -2.23. The molecule has 0 bridgehead atoms. The quantitative estimate of drug-likeness (QED) is 0.167. The van der Waals surface area contributed by atoms with Crippen molar-refractivity contribution < 1.29 is 14.1 Å². The maximum atomic E-state index is 10.2. The van der Waals surface area contributed by atoms with Crippen molar-refractivity contribution in [3.05, 3.63) is 35.9 Å². The molecule has 29 heavy (non-hydrogen) atoms. The highest BCUT2D eigenvalue weighted by Crippen LogP contribution is 2.32. The van der Waals surface area contributed by atoms with E-state index in [-0.39, 0.29) is 0 Å². The van der Waals surface area contributed by atoms with Crippen molar-refractivity contribution in [3.8, 4) is 0 Å². The van der Waals surface area contributed by atoms with Crippen molar-refractivity contribution in [1.82, 2.24) is 0 Å². The van der Waals surface area contributed by atoms with Gasteiger partial charge in [0.15, 0.2) is 0 Å². The Morgan fingerprint density at radius 1 is 0.931 bits per heavy atom.